The lowest BCUT2D eigenvalue weighted by molar-refractivity contribution is 0.0553. The molecule has 0 aliphatic heterocycles. The molecule has 1 aromatic rings. The number of aromatic nitrogens is 1. The standard InChI is InChI=1S/C11H15NO/c1-3-8-5-7-12-10-9(8)4-6-11(10,2)13/h5,7,13H,3-4,6H2,1-2H3. The van der Waals surface area contributed by atoms with Crippen molar-refractivity contribution in [1.82, 2.24) is 4.98 Å². The second-order valence-electron chi connectivity index (χ2n) is 3.92. The normalized spacial score (nSPS) is 26.1. The molecule has 0 spiro atoms. The number of nitrogens with zero attached hydrogens (tertiary/aromatic N) is 1. The van der Waals surface area contributed by atoms with Crippen molar-refractivity contribution in [3.8, 4) is 0 Å². The van der Waals surface area contributed by atoms with E-state index in [2.05, 4.69) is 18.0 Å². The van der Waals surface area contributed by atoms with Gasteiger partial charge in [-0.2, -0.15) is 0 Å². The Kier molecular flexibility index (Phi) is 1.88. The van der Waals surface area contributed by atoms with Crippen molar-refractivity contribution in [2.75, 3.05) is 0 Å². The molecule has 0 saturated carbocycles. The summed E-state index contributed by atoms with van der Waals surface area (Å²) in [4.78, 5) is 4.27. The molecule has 2 rings (SSSR count). The summed E-state index contributed by atoms with van der Waals surface area (Å²) in [6, 6.07) is 2.06. The second kappa shape index (κ2) is 2.81. The van der Waals surface area contributed by atoms with Crippen LogP contribution < -0.4 is 0 Å². The number of rotatable bonds is 1. The fourth-order valence-corrected chi connectivity index (χ4v) is 2.09. The number of aliphatic hydroxyl groups is 1. The summed E-state index contributed by atoms with van der Waals surface area (Å²) in [5.41, 5.74) is 2.81. The number of fused-ring (bicyclic) bond motifs is 1. The van der Waals surface area contributed by atoms with E-state index < -0.39 is 5.60 Å². The van der Waals surface area contributed by atoms with Crippen LogP contribution in [0.4, 0.5) is 0 Å². The van der Waals surface area contributed by atoms with E-state index in [1.165, 1.54) is 11.1 Å². The second-order valence-corrected chi connectivity index (χ2v) is 3.92. The van der Waals surface area contributed by atoms with E-state index in [1.54, 1.807) is 6.20 Å². The third-order valence-electron chi connectivity index (χ3n) is 2.91. The lowest BCUT2D eigenvalue weighted by atomic mass is 10.0. The van der Waals surface area contributed by atoms with Crippen molar-refractivity contribution in [2.45, 2.75) is 38.7 Å². The first-order valence-corrected chi connectivity index (χ1v) is 4.85. The highest BCUT2D eigenvalue weighted by Crippen LogP contribution is 2.36. The highest BCUT2D eigenvalue weighted by molar-refractivity contribution is 5.37. The van der Waals surface area contributed by atoms with Crippen LogP contribution in [0.5, 0.6) is 0 Å². The van der Waals surface area contributed by atoms with Gasteiger partial charge in [-0.05, 0) is 43.4 Å². The Morgan fingerprint density at radius 3 is 3.08 bits per heavy atom. The van der Waals surface area contributed by atoms with Gasteiger partial charge in [0.2, 0.25) is 0 Å². The molecule has 0 bridgehead atoms. The lowest BCUT2D eigenvalue weighted by Crippen LogP contribution is -2.18. The van der Waals surface area contributed by atoms with Gasteiger partial charge in [-0.1, -0.05) is 6.92 Å². The molecule has 2 heteroatoms. The number of pyridine rings is 1. The first-order valence-electron chi connectivity index (χ1n) is 4.85. The zero-order valence-electron chi connectivity index (χ0n) is 8.17. The molecule has 13 heavy (non-hydrogen) atoms. The Labute approximate surface area is 78.6 Å². The van der Waals surface area contributed by atoms with Crippen LogP contribution in [0.2, 0.25) is 0 Å². The van der Waals surface area contributed by atoms with Crippen molar-refractivity contribution >= 4 is 0 Å². The van der Waals surface area contributed by atoms with Gasteiger partial charge in [0, 0.05) is 6.20 Å². The Morgan fingerprint density at radius 2 is 2.38 bits per heavy atom. The fraction of sp³-hybridized carbons (Fsp3) is 0.545. The molecule has 1 atom stereocenters. The molecule has 0 saturated heterocycles. The number of hydrogen-bond donors (Lipinski definition) is 1. The van der Waals surface area contributed by atoms with E-state index in [4.69, 9.17) is 0 Å². The molecule has 0 aromatic carbocycles. The molecule has 2 nitrogen and oxygen atoms in total. The summed E-state index contributed by atoms with van der Waals surface area (Å²) in [5.74, 6) is 0. The SMILES string of the molecule is CCc1ccnc2c1CCC2(C)O. The van der Waals surface area contributed by atoms with Gasteiger partial charge in [-0.15, -0.1) is 0 Å². The lowest BCUT2D eigenvalue weighted by Gasteiger charge is -2.16. The minimum Gasteiger partial charge on any atom is -0.384 e. The van der Waals surface area contributed by atoms with Crippen LogP contribution >= 0.6 is 0 Å². The quantitative estimate of drug-likeness (QED) is 0.709. The number of aryl methyl sites for hydroxylation is 1. The zero-order chi connectivity index (χ0) is 9.47. The average Bonchev–Trinajstić information content (AvgIpc) is 2.43. The van der Waals surface area contributed by atoms with Gasteiger partial charge in [-0.3, -0.25) is 4.98 Å². The molecule has 0 amide bonds. The summed E-state index contributed by atoms with van der Waals surface area (Å²) in [6.45, 7) is 3.99. The van der Waals surface area contributed by atoms with Gasteiger partial charge in [0.1, 0.15) is 5.60 Å². The third-order valence-corrected chi connectivity index (χ3v) is 2.91. The van der Waals surface area contributed by atoms with Crippen molar-refractivity contribution in [3.63, 3.8) is 0 Å². The highest BCUT2D eigenvalue weighted by atomic mass is 16.3. The van der Waals surface area contributed by atoms with Gasteiger partial charge in [0.15, 0.2) is 0 Å². The smallest absolute Gasteiger partial charge is 0.104 e. The monoisotopic (exact) mass is 177 g/mol. The zero-order valence-corrected chi connectivity index (χ0v) is 8.17. The summed E-state index contributed by atoms with van der Waals surface area (Å²) >= 11 is 0. The Bertz CT molecular complexity index is 331. The van der Waals surface area contributed by atoms with Gasteiger partial charge < -0.3 is 5.11 Å². The summed E-state index contributed by atoms with van der Waals surface area (Å²) in [7, 11) is 0. The topological polar surface area (TPSA) is 33.1 Å². The Hall–Kier alpha value is -0.890. The summed E-state index contributed by atoms with van der Waals surface area (Å²) < 4.78 is 0. The molecule has 1 N–H and O–H groups in total. The van der Waals surface area contributed by atoms with E-state index in [0.29, 0.717) is 0 Å². The highest BCUT2D eigenvalue weighted by Gasteiger charge is 2.34. The van der Waals surface area contributed by atoms with Crippen molar-refractivity contribution in [3.05, 3.63) is 29.1 Å². The minimum atomic E-state index is -0.694. The molecular formula is C11H15NO. The molecule has 1 heterocycles. The van der Waals surface area contributed by atoms with Crippen LogP contribution in [0.1, 0.15) is 37.1 Å². The maximum absolute atomic E-state index is 10.0. The van der Waals surface area contributed by atoms with Crippen molar-refractivity contribution < 1.29 is 5.11 Å². The van der Waals surface area contributed by atoms with Gasteiger partial charge in [0.05, 0.1) is 5.69 Å². The largest absolute Gasteiger partial charge is 0.384 e. The Morgan fingerprint density at radius 1 is 1.62 bits per heavy atom. The fourth-order valence-electron chi connectivity index (χ4n) is 2.09. The van der Waals surface area contributed by atoms with Crippen LogP contribution in [0.15, 0.2) is 12.3 Å². The van der Waals surface area contributed by atoms with E-state index in [0.717, 1.165) is 25.0 Å². The van der Waals surface area contributed by atoms with Crippen LogP contribution in [0.3, 0.4) is 0 Å². The van der Waals surface area contributed by atoms with E-state index in [-0.39, 0.29) is 0 Å². The third kappa shape index (κ3) is 1.25. The summed E-state index contributed by atoms with van der Waals surface area (Å²) in [5, 5.41) is 10.0. The van der Waals surface area contributed by atoms with E-state index in [1.807, 2.05) is 6.92 Å². The van der Waals surface area contributed by atoms with Crippen LogP contribution in [0, 0.1) is 0 Å². The predicted octanol–water partition coefficient (Wildman–Crippen LogP) is 1.80. The first kappa shape index (κ1) is 8.70. The minimum absolute atomic E-state index is 0.694. The average molecular weight is 177 g/mol. The van der Waals surface area contributed by atoms with Crippen LogP contribution in [-0.2, 0) is 18.4 Å². The maximum Gasteiger partial charge on any atom is 0.104 e. The van der Waals surface area contributed by atoms with Gasteiger partial charge >= 0.3 is 0 Å². The Balaban J connectivity index is 2.56. The molecule has 0 radical (unpaired) electrons. The molecule has 70 valence electrons. The molecule has 1 aliphatic carbocycles. The van der Waals surface area contributed by atoms with E-state index in [9.17, 15) is 5.11 Å². The van der Waals surface area contributed by atoms with Crippen LogP contribution in [0.25, 0.3) is 0 Å². The predicted molar refractivity (Wildman–Crippen MR) is 51.5 cm³/mol. The van der Waals surface area contributed by atoms with Crippen LogP contribution in [-0.4, -0.2) is 10.1 Å². The maximum atomic E-state index is 10.0. The van der Waals surface area contributed by atoms with Gasteiger partial charge in [-0.25, -0.2) is 0 Å². The van der Waals surface area contributed by atoms with Crippen molar-refractivity contribution in [2.24, 2.45) is 0 Å². The molecule has 1 aromatic heterocycles. The number of hydrogen-bond acceptors (Lipinski definition) is 2. The molecule has 0 fully saturated rings. The van der Waals surface area contributed by atoms with Gasteiger partial charge in [0.25, 0.3) is 0 Å². The molecule has 1 unspecified atom stereocenters. The first-order chi connectivity index (χ1) is 6.15. The molecular weight excluding hydrogens is 162 g/mol. The van der Waals surface area contributed by atoms with Crippen molar-refractivity contribution in [1.29, 1.82) is 0 Å². The molecule has 1 aliphatic rings. The summed E-state index contributed by atoms with van der Waals surface area (Å²) in [6.07, 6.45) is 4.62. The van der Waals surface area contributed by atoms with E-state index >= 15 is 0 Å².